The van der Waals surface area contributed by atoms with Crippen molar-refractivity contribution in [1.82, 2.24) is 25.1 Å². The first-order valence-corrected chi connectivity index (χ1v) is 10.5. The minimum atomic E-state index is -0.0813. The van der Waals surface area contributed by atoms with E-state index in [-0.39, 0.29) is 11.3 Å². The van der Waals surface area contributed by atoms with Crippen LogP contribution >= 0.6 is 0 Å². The molecule has 3 N–H and O–H groups in total. The fourth-order valence-corrected chi connectivity index (χ4v) is 3.78. The highest BCUT2D eigenvalue weighted by Gasteiger charge is 2.17. The quantitative estimate of drug-likeness (QED) is 0.352. The minimum Gasteiger partial charge on any atom is -0.353 e. The van der Waals surface area contributed by atoms with Crippen molar-refractivity contribution in [3.8, 4) is 22.6 Å². The Morgan fingerprint density at radius 2 is 1.88 bits per heavy atom. The van der Waals surface area contributed by atoms with Gasteiger partial charge < -0.3 is 10.3 Å². The molecule has 1 aromatic carbocycles. The summed E-state index contributed by atoms with van der Waals surface area (Å²) in [5.41, 5.74) is 6.51. The van der Waals surface area contributed by atoms with Crippen LogP contribution in [0.25, 0.3) is 44.6 Å². The van der Waals surface area contributed by atoms with Crippen LogP contribution in [0.3, 0.4) is 0 Å². The van der Waals surface area contributed by atoms with Gasteiger partial charge in [0.2, 0.25) is 5.91 Å². The first-order chi connectivity index (χ1) is 15.4. The van der Waals surface area contributed by atoms with Crippen molar-refractivity contribution in [2.24, 2.45) is 5.41 Å². The summed E-state index contributed by atoms with van der Waals surface area (Å²) in [6, 6.07) is 16.0. The lowest BCUT2D eigenvalue weighted by Crippen LogP contribution is -2.19. The van der Waals surface area contributed by atoms with Crippen molar-refractivity contribution >= 4 is 33.5 Å². The smallest absolute Gasteiger partial charge is 0.224 e. The fourth-order valence-electron chi connectivity index (χ4n) is 3.78. The average Bonchev–Trinajstić information content (AvgIpc) is 3.35. The Kier molecular flexibility index (Phi) is 4.74. The van der Waals surface area contributed by atoms with Crippen LogP contribution in [0.5, 0.6) is 0 Å². The molecule has 0 aliphatic heterocycles. The molecule has 0 fully saturated rings. The van der Waals surface area contributed by atoms with Gasteiger partial charge in [-0.25, -0.2) is 4.98 Å². The van der Waals surface area contributed by atoms with Crippen molar-refractivity contribution in [2.45, 2.75) is 27.2 Å². The lowest BCUT2D eigenvalue weighted by molar-refractivity contribution is -0.117. The van der Waals surface area contributed by atoms with Crippen molar-refractivity contribution in [2.75, 3.05) is 5.32 Å². The topological polar surface area (TPSA) is 99.4 Å². The third kappa shape index (κ3) is 3.97. The first-order valence-electron chi connectivity index (χ1n) is 10.5. The molecule has 1 amide bonds. The van der Waals surface area contributed by atoms with Gasteiger partial charge in [-0.05, 0) is 35.7 Å². The minimum absolute atomic E-state index is 0.0317. The molecule has 160 valence electrons. The van der Waals surface area contributed by atoms with Gasteiger partial charge in [-0.15, -0.1) is 0 Å². The maximum atomic E-state index is 12.3. The summed E-state index contributed by atoms with van der Waals surface area (Å²) < 4.78 is 0. The number of rotatable bonds is 4. The summed E-state index contributed by atoms with van der Waals surface area (Å²) in [5.74, 6) is -0.0317. The van der Waals surface area contributed by atoms with E-state index in [0.29, 0.717) is 12.1 Å². The number of pyridine rings is 2. The number of anilines is 1. The molecule has 0 unspecified atom stereocenters. The molecule has 0 saturated heterocycles. The zero-order valence-corrected chi connectivity index (χ0v) is 18.2. The number of carbonyl (C=O) groups is 1. The van der Waals surface area contributed by atoms with Gasteiger partial charge in [-0.2, -0.15) is 5.10 Å². The molecule has 0 saturated carbocycles. The molecule has 4 heterocycles. The van der Waals surface area contributed by atoms with Crippen LogP contribution in [0.15, 0.2) is 60.9 Å². The first kappa shape index (κ1) is 19.9. The van der Waals surface area contributed by atoms with Gasteiger partial charge in [0, 0.05) is 29.1 Å². The van der Waals surface area contributed by atoms with Crippen LogP contribution in [-0.2, 0) is 4.79 Å². The Bertz CT molecular complexity index is 1410. The number of hydrogen-bond donors (Lipinski definition) is 3. The summed E-state index contributed by atoms with van der Waals surface area (Å²) in [6.45, 7) is 6.11. The predicted octanol–water partition coefficient (Wildman–Crippen LogP) is 5.54. The summed E-state index contributed by atoms with van der Waals surface area (Å²) in [6.07, 6.45) is 3.83. The van der Waals surface area contributed by atoms with Gasteiger partial charge in [-0.1, -0.05) is 39.0 Å². The number of benzene rings is 1. The Morgan fingerprint density at radius 3 is 2.69 bits per heavy atom. The molecule has 0 bridgehead atoms. The van der Waals surface area contributed by atoms with E-state index >= 15 is 0 Å². The molecule has 0 radical (unpaired) electrons. The van der Waals surface area contributed by atoms with Gasteiger partial charge in [0.15, 0.2) is 0 Å². The van der Waals surface area contributed by atoms with Gasteiger partial charge in [-0.3, -0.25) is 14.9 Å². The summed E-state index contributed by atoms with van der Waals surface area (Å²) in [5, 5.41) is 11.6. The molecule has 0 aliphatic rings. The van der Waals surface area contributed by atoms with Crippen LogP contribution in [0.4, 0.5) is 5.69 Å². The number of hydrogen-bond acceptors (Lipinski definition) is 4. The van der Waals surface area contributed by atoms with Crippen LogP contribution in [0.1, 0.15) is 27.2 Å². The normalized spacial score (nSPS) is 11.8. The number of H-pyrrole nitrogens is 2. The van der Waals surface area contributed by atoms with Gasteiger partial charge in [0.05, 0.1) is 28.8 Å². The Morgan fingerprint density at radius 1 is 1.03 bits per heavy atom. The summed E-state index contributed by atoms with van der Waals surface area (Å²) in [4.78, 5) is 24.9. The third-order valence-corrected chi connectivity index (χ3v) is 5.20. The molecule has 5 rings (SSSR count). The lowest BCUT2D eigenvalue weighted by Gasteiger charge is -2.17. The zero-order chi connectivity index (χ0) is 22.3. The number of nitrogens with zero attached hydrogens (tertiary/aromatic N) is 3. The summed E-state index contributed by atoms with van der Waals surface area (Å²) >= 11 is 0. The number of amides is 1. The second-order valence-corrected chi connectivity index (χ2v) is 9.18. The molecular formula is C25H24N6O. The molecule has 0 atom stereocenters. The molecule has 7 nitrogen and oxygen atoms in total. The lowest BCUT2D eigenvalue weighted by atomic mass is 9.92. The number of aromatic amines is 2. The van der Waals surface area contributed by atoms with Crippen LogP contribution in [-0.4, -0.2) is 31.1 Å². The molecular weight excluding hydrogens is 400 g/mol. The monoisotopic (exact) mass is 424 g/mol. The van der Waals surface area contributed by atoms with E-state index in [4.69, 9.17) is 4.98 Å². The zero-order valence-electron chi connectivity index (χ0n) is 18.2. The Balaban J connectivity index is 1.49. The maximum Gasteiger partial charge on any atom is 0.224 e. The largest absolute Gasteiger partial charge is 0.353 e. The number of para-hydroxylation sites is 1. The molecule has 5 aromatic rings. The van der Waals surface area contributed by atoms with E-state index in [9.17, 15) is 4.79 Å². The number of fused-ring (bicyclic) bond motifs is 2. The van der Waals surface area contributed by atoms with Gasteiger partial charge in [0.25, 0.3) is 0 Å². The van der Waals surface area contributed by atoms with Gasteiger partial charge >= 0.3 is 0 Å². The predicted molar refractivity (Wildman–Crippen MR) is 127 cm³/mol. The van der Waals surface area contributed by atoms with E-state index in [0.717, 1.165) is 44.6 Å². The third-order valence-electron chi connectivity index (χ3n) is 5.20. The van der Waals surface area contributed by atoms with Crippen molar-refractivity contribution < 1.29 is 4.79 Å². The van der Waals surface area contributed by atoms with Gasteiger partial charge in [0.1, 0.15) is 11.2 Å². The highest BCUT2D eigenvalue weighted by atomic mass is 16.1. The van der Waals surface area contributed by atoms with E-state index in [2.05, 4.69) is 37.6 Å². The highest BCUT2D eigenvalue weighted by Crippen LogP contribution is 2.30. The standard InChI is InChI=1S/C25H24N6O/c1-25(2,3)12-22(32)27-17-10-16(13-26-14-17)19-8-9-20-23(29-19)24(31-30-20)21-11-15-6-4-5-7-18(15)28-21/h4-11,13-14,28H,12H2,1-3H3,(H,27,32)(H,30,31). The molecule has 7 heteroatoms. The fraction of sp³-hybridized carbons (Fsp3) is 0.200. The highest BCUT2D eigenvalue weighted by molar-refractivity contribution is 5.95. The number of carbonyl (C=O) groups excluding carboxylic acids is 1. The van der Waals surface area contributed by atoms with Crippen molar-refractivity contribution in [3.05, 3.63) is 60.9 Å². The van der Waals surface area contributed by atoms with Crippen LogP contribution < -0.4 is 5.32 Å². The number of aromatic nitrogens is 5. The SMILES string of the molecule is CC(C)(C)CC(=O)Nc1cncc(-c2ccc3[nH]nc(-c4cc5ccccc5[nH]4)c3n2)c1. The second-order valence-electron chi connectivity index (χ2n) is 9.18. The Labute approximate surface area is 185 Å². The molecule has 0 spiro atoms. The van der Waals surface area contributed by atoms with E-state index < -0.39 is 0 Å². The van der Waals surface area contributed by atoms with E-state index in [1.165, 1.54) is 0 Å². The average molecular weight is 425 g/mol. The van der Waals surface area contributed by atoms with Crippen molar-refractivity contribution in [3.63, 3.8) is 0 Å². The van der Waals surface area contributed by atoms with Crippen LogP contribution in [0, 0.1) is 5.41 Å². The van der Waals surface area contributed by atoms with Crippen molar-refractivity contribution in [1.29, 1.82) is 0 Å². The maximum absolute atomic E-state index is 12.3. The summed E-state index contributed by atoms with van der Waals surface area (Å²) in [7, 11) is 0. The van der Waals surface area contributed by atoms with E-state index in [1.807, 2.05) is 57.2 Å². The van der Waals surface area contributed by atoms with E-state index in [1.54, 1.807) is 12.4 Å². The Hall–Kier alpha value is -4.00. The molecule has 0 aliphatic carbocycles. The molecule has 32 heavy (non-hydrogen) atoms. The second kappa shape index (κ2) is 7.60. The van der Waals surface area contributed by atoms with Crippen LogP contribution in [0.2, 0.25) is 0 Å². The number of nitrogens with one attached hydrogen (secondary N) is 3. The molecule has 4 aromatic heterocycles.